The molecule has 0 aromatic heterocycles. The third-order valence-electron chi connectivity index (χ3n) is 5.77. The summed E-state index contributed by atoms with van der Waals surface area (Å²) in [4.78, 5) is 24.2. The standard InChI is InChI=1S/C23H24F3NO4/c1-13-5-6-16(9-14(13)2)21(3,4)12-22(30,23(24,25)26)20(29)27-17-7-8-18-15(10-17)11-31-19(18)28/h5-10,30H,11-12H2,1-4H3,(H,27,29). The molecule has 1 heterocycles. The van der Waals surface area contributed by atoms with E-state index < -0.39 is 35.5 Å². The summed E-state index contributed by atoms with van der Waals surface area (Å²) in [7, 11) is 0. The van der Waals surface area contributed by atoms with Gasteiger partial charge in [0.2, 0.25) is 5.60 Å². The zero-order chi connectivity index (χ0) is 23.2. The van der Waals surface area contributed by atoms with Crippen LogP contribution in [0.1, 0.15) is 52.9 Å². The topological polar surface area (TPSA) is 75.6 Å². The van der Waals surface area contributed by atoms with Gasteiger partial charge in [-0.2, -0.15) is 13.2 Å². The molecule has 0 saturated carbocycles. The molecule has 1 atom stereocenters. The minimum absolute atomic E-state index is 0.0266. The first-order chi connectivity index (χ1) is 14.2. The van der Waals surface area contributed by atoms with Gasteiger partial charge in [-0.1, -0.05) is 32.0 Å². The van der Waals surface area contributed by atoms with Crippen molar-refractivity contribution in [3.8, 4) is 0 Å². The summed E-state index contributed by atoms with van der Waals surface area (Å²) in [5.41, 5.74) is -1.52. The molecule has 2 N–H and O–H groups in total. The Morgan fingerprint density at radius 1 is 1.10 bits per heavy atom. The van der Waals surface area contributed by atoms with Gasteiger partial charge in [0, 0.05) is 17.7 Å². The lowest BCUT2D eigenvalue weighted by atomic mass is 9.74. The minimum Gasteiger partial charge on any atom is -0.457 e. The van der Waals surface area contributed by atoms with E-state index in [1.54, 1.807) is 32.0 Å². The maximum absolute atomic E-state index is 13.9. The molecule has 1 aliphatic rings. The molecule has 0 bridgehead atoms. The molecule has 0 saturated heterocycles. The van der Waals surface area contributed by atoms with Crippen molar-refractivity contribution in [2.45, 2.75) is 57.9 Å². The van der Waals surface area contributed by atoms with Gasteiger partial charge < -0.3 is 15.2 Å². The number of aryl methyl sites for hydroxylation is 2. The molecule has 31 heavy (non-hydrogen) atoms. The summed E-state index contributed by atoms with van der Waals surface area (Å²) in [6, 6.07) is 9.30. The quantitative estimate of drug-likeness (QED) is 0.675. The maximum atomic E-state index is 13.9. The van der Waals surface area contributed by atoms with Gasteiger partial charge in [-0.3, -0.25) is 4.79 Å². The van der Waals surface area contributed by atoms with E-state index in [1.807, 2.05) is 13.8 Å². The zero-order valence-electron chi connectivity index (χ0n) is 17.7. The van der Waals surface area contributed by atoms with Crippen LogP contribution in [-0.4, -0.2) is 28.8 Å². The van der Waals surface area contributed by atoms with E-state index in [0.717, 1.165) is 11.1 Å². The van der Waals surface area contributed by atoms with Crippen molar-refractivity contribution < 1.29 is 32.6 Å². The summed E-state index contributed by atoms with van der Waals surface area (Å²) in [6.45, 7) is 6.82. The molecule has 1 unspecified atom stereocenters. The maximum Gasteiger partial charge on any atom is 0.426 e. The number of halogens is 3. The number of hydrogen-bond donors (Lipinski definition) is 2. The van der Waals surface area contributed by atoms with Gasteiger partial charge in [0.25, 0.3) is 5.91 Å². The van der Waals surface area contributed by atoms with Gasteiger partial charge in [0.15, 0.2) is 0 Å². The highest BCUT2D eigenvalue weighted by atomic mass is 19.4. The number of fused-ring (bicyclic) bond motifs is 1. The van der Waals surface area contributed by atoms with Crippen LogP contribution < -0.4 is 5.32 Å². The molecule has 0 fully saturated rings. The smallest absolute Gasteiger partial charge is 0.426 e. The highest BCUT2D eigenvalue weighted by Gasteiger charge is 2.61. The molecule has 0 radical (unpaired) electrons. The Morgan fingerprint density at radius 3 is 2.39 bits per heavy atom. The summed E-state index contributed by atoms with van der Waals surface area (Å²) >= 11 is 0. The van der Waals surface area contributed by atoms with Gasteiger partial charge in [-0.25, -0.2) is 4.79 Å². The molecule has 166 valence electrons. The fourth-order valence-corrected chi connectivity index (χ4v) is 3.66. The van der Waals surface area contributed by atoms with Crippen molar-refractivity contribution in [1.82, 2.24) is 0 Å². The van der Waals surface area contributed by atoms with Crippen LogP contribution >= 0.6 is 0 Å². The van der Waals surface area contributed by atoms with Crippen LogP contribution in [0.4, 0.5) is 18.9 Å². The lowest BCUT2D eigenvalue weighted by molar-refractivity contribution is -0.254. The van der Waals surface area contributed by atoms with Crippen molar-refractivity contribution in [2.75, 3.05) is 5.32 Å². The Balaban J connectivity index is 1.90. The van der Waals surface area contributed by atoms with Crippen molar-refractivity contribution in [3.05, 3.63) is 64.2 Å². The molecule has 5 nitrogen and oxygen atoms in total. The third kappa shape index (κ3) is 4.30. The lowest BCUT2D eigenvalue weighted by Crippen LogP contribution is -2.57. The van der Waals surface area contributed by atoms with Gasteiger partial charge in [-0.05, 0) is 54.2 Å². The van der Waals surface area contributed by atoms with Crippen molar-refractivity contribution in [3.63, 3.8) is 0 Å². The number of carbonyl (C=O) groups is 2. The van der Waals surface area contributed by atoms with Crippen molar-refractivity contribution in [1.29, 1.82) is 0 Å². The number of ether oxygens (including phenoxy) is 1. The summed E-state index contributed by atoms with van der Waals surface area (Å²) in [5.74, 6) is -2.11. The van der Waals surface area contributed by atoms with E-state index in [-0.39, 0.29) is 12.3 Å². The van der Waals surface area contributed by atoms with E-state index >= 15 is 0 Å². The third-order valence-corrected chi connectivity index (χ3v) is 5.77. The predicted molar refractivity (Wildman–Crippen MR) is 109 cm³/mol. The van der Waals surface area contributed by atoms with E-state index in [2.05, 4.69) is 5.32 Å². The first kappa shape index (κ1) is 22.8. The molecule has 0 aliphatic carbocycles. The Morgan fingerprint density at radius 2 is 1.77 bits per heavy atom. The number of amides is 1. The van der Waals surface area contributed by atoms with Crippen LogP contribution in [0.15, 0.2) is 36.4 Å². The van der Waals surface area contributed by atoms with Gasteiger partial charge in [0.1, 0.15) is 6.61 Å². The average molecular weight is 435 g/mol. The second kappa shape index (κ2) is 7.67. The Hall–Kier alpha value is -2.87. The minimum atomic E-state index is -5.20. The Kier molecular flexibility index (Phi) is 5.65. The number of aliphatic hydroxyl groups is 1. The predicted octanol–water partition coefficient (Wildman–Crippen LogP) is 4.57. The molecule has 1 amide bonds. The van der Waals surface area contributed by atoms with E-state index in [9.17, 15) is 27.9 Å². The normalized spacial score (nSPS) is 15.8. The van der Waals surface area contributed by atoms with E-state index in [1.165, 1.54) is 18.2 Å². The lowest BCUT2D eigenvalue weighted by Gasteiger charge is -2.37. The molecular formula is C23H24F3NO4. The highest BCUT2D eigenvalue weighted by Crippen LogP contribution is 2.42. The monoisotopic (exact) mass is 435 g/mol. The fraction of sp³-hybridized carbons (Fsp3) is 0.391. The molecular weight excluding hydrogens is 411 g/mol. The number of alkyl halides is 3. The largest absolute Gasteiger partial charge is 0.457 e. The van der Waals surface area contributed by atoms with Gasteiger partial charge in [0.05, 0.1) is 5.56 Å². The van der Waals surface area contributed by atoms with Crippen LogP contribution in [0.25, 0.3) is 0 Å². The van der Waals surface area contributed by atoms with E-state index in [0.29, 0.717) is 16.7 Å². The van der Waals surface area contributed by atoms with Crippen LogP contribution in [0.5, 0.6) is 0 Å². The Labute approximate surface area is 178 Å². The molecule has 0 spiro atoms. The SMILES string of the molecule is Cc1ccc(C(C)(C)CC(O)(C(=O)Nc2ccc3c(c2)COC3=O)C(F)(F)F)cc1C. The summed E-state index contributed by atoms with van der Waals surface area (Å²) in [5, 5.41) is 12.8. The number of nitrogens with one attached hydrogen (secondary N) is 1. The van der Waals surface area contributed by atoms with Crippen LogP contribution in [-0.2, 0) is 21.6 Å². The number of cyclic esters (lactones) is 1. The average Bonchev–Trinajstić information content (AvgIpc) is 3.02. The summed E-state index contributed by atoms with van der Waals surface area (Å²) < 4.78 is 46.7. The second-order valence-corrected chi connectivity index (χ2v) is 8.62. The van der Waals surface area contributed by atoms with E-state index in [4.69, 9.17) is 4.74 Å². The first-order valence-electron chi connectivity index (χ1n) is 9.73. The fourth-order valence-electron chi connectivity index (χ4n) is 3.66. The van der Waals surface area contributed by atoms with Crippen LogP contribution in [0.3, 0.4) is 0 Å². The Bertz CT molecular complexity index is 1050. The van der Waals surface area contributed by atoms with Gasteiger partial charge >= 0.3 is 12.1 Å². The van der Waals surface area contributed by atoms with Gasteiger partial charge in [-0.15, -0.1) is 0 Å². The molecule has 8 heteroatoms. The number of hydrogen-bond acceptors (Lipinski definition) is 4. The number of esters is 1. The first-order valence-corrected chi connectivity index (χ1v) is 9.73. The molecule has 1 aliphatic heterocycles. The summed E-state index contributed by atoms with van der Waals surface area (Å²) in [6.07, 6.45) is -6.08. The second-order valence-electron chi connectivity index (χ2n) is 8.62. The molecule has 3 rings (SSSR count). The molecule has 2 aromatic carbocycles. The molecule has 2 aromatic rings. The number of carbonyl (C=O) groups excluding carboxylic acids is 2. The highest BCUT2D eigenvalue weighted by molar-refractivity contribution is 5.99. The van der Waals surface area contributed by atoms with Crippen molar-refractivity contribution in [2.24, 2.45) is 0 Å². The zero-order valence-corrected chi connectivity index (χ0v) is 17.7. The van der Waals surface area contributed by atoms with Crippen LogP contribution in [0.2, 0.25) is 0 Å². The van der Waals surface area contributed by atoms with Crippen molar-refractivity contribution >= 4 is 17.6 Å². The number of benzene rings is 2. The number of rotatable bonds is 5. The number of anilines is 1. The van der Waals surface area contributed by atoms with Crippen LogP contribution in [0, 0.1) is 13.8 Å².